The third-order valence-electron chi connectivity index (χ3n) is 4.17. The second kappa shape index (κ2) is 6.82. The number of benzene rings is 1. The van der Waals surface area contributed by atoms with Crippen molar-refractivity contribution >= 4 is 11.9 Å². The molecule has 0 aliphatic heterocycles. The lowest BCUT2D eigenvalue weighted by Gasteiger charge is -2.22. The number of carbonyl (C=O) groups excluding carboxylic acids is 2. The number of hydrogen-bond donors (Lipinski definition) is 1. The second-order valence-electron chi connectivity index (χ2n) is 6.49. The molecule has 1 N–H and O–H groups in total. The minimum atomic E-state index is -0.873. The van der Waals surface area contributed by atoms with Crippen LogP contribution in [-0.2, 0) is 9.53 Å². The van der Waals surface area contributed by atoms with Crippen molar-refractivity contribution in [1.82, 2.24) is 5.32 Å². The van der Waals surface area contributed by atoms with Crippen LogP contribution in [-0.4, -0.2) is 24.0 Å². The highest BCUT2D eigenvalue weighted by Crippen LogP contribution is 2.39. The van der Waals surface area contributed by atoms with Gasteiger partial charge in [0.2, 0.25) is 0 Å². The van der Waals surface area contributed by atoms with Crippen LogP contribution in [0.4, 0.5) is 0 Å². The normalized spacial score (nSPS) is 16.3. The first-order valence-corrected chi connectivity index (χ1v) is 7.85. The van der Waals surface area contributed by atoms with Crippen LogP contribution >= 0.6 is 0 Å². The Balaban J connectivity index is 1.86. The number of hydrogen-bond acceptors (Lipinski definition) is 4. The van der Waals surface area contributed by atoms with Crippen molar-refractivity contribution in [1.29, 1.82) is 5.26 Å². The maximum absolute atomic E-state index is 11.9. The molecule has 0 bridgehead atoms. The summed E-state index contributed by atoms with van der Waals surface area (Å²) in [5.74, 6) is -0.415. The Hall–Kier alpha value is -2.35. The molecule has 0 radical (unpaired) electrons. The van der Waals surface area contributed by atoms with Crippen LogP contribution in [0.1, 0.15) is 55.5 Å². The first-order chi connectivity index (χ1) is 10.9. The predicted molar refractivity (Wildman–Crippen MR) is 85.7 cm³/mol. The van der Waals surface area contributed by atoms with E-state index in [0.717, 1.165) is 18.4 Å². The highest BCUT2D eigenvalue weighted by Gasteiger charge is 2.43. The lowest BCUT2D eigenvalue weighted by molar-refractivity contribution is -0.125. The summed E-state index contributed by atoms with van der Waals surface area (Å²) in [5.41, 5.74) is 0.670. The van der Waals surface area contributed by atoms with Gasteiger partial charge < -0.3 is 10.1 Å². The number of nitrogens with one attached hydrogen (secondary N) is 1. The molecule has 5 nitrogen and oxygen atoms in total. The topological polar surface area (TPSA) is 79.2 Å². The first-order valence-electron chi connectivity index (χ1n) is 7.85. The number of rotatable bonds is 6. The molecule has 0 spiro atoms. The molecule has 1 saturated carbocycles. The highest BCUT2D eigenvalue weighted by molar-refractivity contribution is 5.91. The second-order valence-corrected chi connectivity index (χ2v) is 6.49. The fraction of sp³-hybridized carbons (Fsp3) is 0.500. The average Bonchev–Trinajstić information content (AvgIpc) is 3.38. The van der Waals surface area contributed by atoms with Crippen molar-refractivity contribution in [3.63, 3.8) is 0 Å². The smallest absolute Gasteiger partial charge is 0.338 e. The molecule has 1 aromatic carbocycles. The molecule has 1 aromatic rings. The van der Waals surface area contributed by atoms with E-state index >= 15 is 0 Å². The number of carbonyl (C=O) groups is 2. The lowest BCUT2D eigenvalue weighted by atomic mass is 9.98. The number of amides is 1. The summed E-state index contributed by atoms with van der Waals surface area (Å²) in [6.45, 7) is 5.47. The Labute approximate surface area is 136 Å². The number of nitrogens with zero attached hydrogens (tertiary/aromatic N) is 1. The van der Waals surface area contributed by atoms with E-state index in [1.54, 1.807) is 19.1 Å². The minimum absolute atomic E-state index is 0.190. The van der Waals surface area contributed by atoms with E-state index in [4.69, 9.17) is 4.74 Å². The zero-order valence-corrected chi connectivity index (χ0v) is 13.8. The quantitative estimate of drug-likeness (QED) is 0.819. The maximum Gasteiger partial charge on any atom is 0.338 e. The van der Waals surface area contributed by atoms with Crippen molar-refractivity contribution in [2.45, 2.75) is 45.1 Å². The molecule has 23 heavy (non-hydrogen) atoms. The molecule has 1 fully saturated rings. The van der Waals surface area contributed by atoms with E-state index in [0.29, 0.717) is 11.5 Å². The number of ether oxygens (including phenoxy) is 1. The first kappa shape index (κ1) is 17.0. The molecule has 1 atom stereocenters. The van der Waals surface area contributed by atoms with Crippen molar-refractivity contribution in [3.05, 3.63) is 35.4 Å². The van der Waals surface area contributed by atoms with E-state index in [-0.39, 0.29) is 12.5 Å². The Bertz CT molecular complexity index is 627. The molecule has 5 heteroatoms. The van der Waals surface area contributed by atoms with E-state index < -0.39 is 17.4 Å². The molecule has 1 aliphatic rings. The van der Waals surface area contributed by atoms with Gasteiger partial charge in [0.1, 0.15) is 5.54 Å². The van der Waals surface area contributed by atoms with Gasteiger partial charge in [-0.05, 0) is 49.3 Å². The molecule has 0 unspecified atom stereocenters. The SMILES string of the molecule is CC(C)c1ccc(C(=O)OCC(=O)N[C@@](C)(C#N)C2CC2)cc1. The summed E-state index contributed by atoms with van der Waals surface area (Å²) in [7, 11) is 0. The average molecular weight is 314 g/mol. The molecule has 1 aliphatic carbocycles. The summed E-state index contributed by atoms with van der Waals surface area (Å²) in [5, 5.41) is 11.9. The Kier molecular flexibility index (Phi) is 5.05. The molecule has 122 valence electrons. The molecule has 2 rings (SSSR count). The van der Waals surface area contributed by atoms with Gasteiger partial charge in [-0.15, -0.1) is 0 Å². The molecule has 0 saturated heterocycles. The Morgan fingerprint density at radius 3 is 2.43 bits per heavy atom. The third kappa shape index (κ3) is 4.32. The van der Waals surface area contributed by atoms with Gasteiger partial charge in [0, 0.05) is 0 Å². The molecule has 0 heterocycles. The van der Waals surface area contributed by atoms with Crippen LogP contribution < -0.4 is 5.32 Å². The Morgan fingerprint density at radius 2 is 1.96 bits per heavy atom. The molecular weight excluding hydrogens is 292 g/mol. The third-order valence-corrected chi connectivity index (χ3v) is 4.17. The van der Waals surface area contributed by atoms with Crippen LogP contribution in [0, 0.1) is 17.2 Å². The van der Waals surface area contributed by atoms with Crippen LogP contribution in [0.3, 0.4) is 0 Å². The van der Waals surface area contributed by atoms with Crippen LogP contribution in [0.5, 0.6) is 0 Å². The van der Waals surface area contributed by atoms with Gasteiger partial charge >= 0.3 is 5.97 Å². The zero-order chi connectivity index (χ0) is 17.0. The largest absolute Gasteiger partial charge is 0.452 e. The lowest BCUT2D eigenvalue weighted by Crippen LogP contribution is -2.48. The Morgan fingerprint density at radius 1 is 1.35 bits per heavy atom. The van der Waals surface area contributed by atoms with Gasteiger partial charge in [0.25, 0.3) is 5.91 Å². The summed E-state index contributed by atoms with van der Waals surface area (Å²) in [6, 6.07) is 9.27. The van der Waals surface area contributed by atoms with Crippen LogP contribution in [0.25, 0.3) is 0 Å². The highest BCUT2D eigenvalue weighted by atomic mass is 16.5. The summed E-state index contributed by atoms with van der Waals surface area (Å²) >= 11 is 0. The van der Waals surface area contributed by atoms with Gasteiger partial charge in [0.05, 0.1) is 11.6 Å². The van der Waals surface area contributed by atoms with E-state index in [1.165, 1.54) is 0 Å². The molecule has 1 amide bonds. The number of nitriles is 1. The summed E-state index contributed by atoms with van der Waals surface area (Å²) in [4.78, 5) is 23.8. The maximum atomic E-state index is 11.9. The van der Waals surface area contributed by atoms with E-state index in [9.17, 15) is 14.9 Å². The monoisotopic (exact) mass is 314 g/mol. The zero-order valence-electron chi connectivity index (χ0n) is 13.8. The van der Waals surface area contributed by atoms with E-state index in [2.05, 4.69) is 25.2 Å². The van der Waals surface area contributed by atoms with Gasteiger partial charge in [-0.1, -0.05) is 26.0 Å². The van der Waals surface area contributed by atoms with Crippen molar-refractivity contribution in [2.24, 2.45) is 5.92 Å². The standard InChI is InChI=1S/C18H22N2O3/c1-12(2)13-4-6-14(7-5-13)17(22)23-10-16(21)20-18(3,11-19)15-8-9-15/h4-7,12,15H,8-10H2,1-3H3,(H,20,21)/t18-/m0/s1. The van der Waals surface area contributed by atoms with Crippen molar-refractivity contribution in [3.8, 4) is 6.07 Å². The summed E-state index contributed by atoms with van der Waals surface area (Å²) < 4.78 is 5.02. The minimum Gasteiger partial charge on any atom is -0.452 e. The van der Waals surface area contributed by atoms with Crippen molar-refractivity contribution < 1.29 is 14.3 Å². The van der Waals surface area contributed by atoms with Gasteiger partial charge in [0.15, 0.2) is 6.61 Å². The fourth-order valence-corrected chi connectivity index (χ4v) is 2.43. The molecular formula is C18H22N2O3. The number of esters is 1. The molecule has 0 aromatic heterocycles. The van der Waals surface area contributed by atoms with E-state index in [1.807, 2.05) is 12.1 Å². The fourth-order valence-electron chi connectivity index (χ4n) is 2.43. The van der Waals surface area contributed by atoms with Gasteiger partial charge in [-0.25, -0.2) is 4.79 Å². The van der Waals surface area contributed by atoms with Gasteiger partial charge in [-0.3, -0.25) is 4.79 Å². The summed E-state index contributed by atoms with van der Waals surface area (Å²) in [6.07, 6.45) is 1.87. The van der Waals surface area contributed by atoms with Crippen LogP contribution in [0.15, 0.2) is 24.3 Å². The van der Waals surface area contributed by atoms with Crippen LogP contribution in [0.2, 0.25) is 0 Å². The van der Waals surface area contributed by atoms with Crippen molar-refractivity contribution in [2.75, 3.05) is 6.61 Å². The predicted octanol–water partition coefficient (Wildman–Crippen LogP) is 2.78. The van der Waals surface area contributed by atoms with Gasteiger partial charge in [-0.2, -0.15) is 5.26 Å².